The lowest BCUT2D eigenvalue weighted by molar-refractivity contribution is -0.150. The first-order chi connectivity index (χ1) is 10.3. The van der Waals surface area contributed by atoms with Crippen LogP contribution in [0.1, 0.15) is 13.8 Å². The SMILES string of the molecule is CCOC(=O)[C@H](C)NC(=O)C(=O)COC(=O)/C=C/C(=O)OC. The third kappa shape index (κ3) is 7.78. The van der Waals surface area contributed by atoms with Gasteiger partial charge in [-0.15, -0.1) is 0 Å². The van der Waals surface area contributed by atoms with Crippen molar-refractivity contribution in [3.05, 3.63) is 12.2 Å². The first kappa shape index (κ1) is 19.3. The third-order valence-corrected chi connectivity index (χ3v) is 2.14. The average molecular weight is 315 g/mol. The molecule has 1 N–H and O–H groups in total. The van der Waals surface area contributed by atoms with Crippen molar-refractivity contribution in [2.45, 2.75) is 19.9 Å². The number of hydrogen-bond donors (Lipinski definition) is 1. The van der Waals surface area contributed by atoms with Crippen LogP contribution in [0, 0.1) is 0 Å². The van der Waals surface area contributed by atoms with Crippen LogP contribution in [0.4, 0.5) is 0 Å². The number of carbonyl (C=O) groups is 5. The van der Waals surface area contributed by atoms with Crippen molar-refractivity contribution in [2.24, 2.45) is 0 Å². The van der Waals surface area contributed by atoms with Crippen molar-refractivity contribution in [1.29, 1.82) is 0 Å². The van der Waals surface area contributed by atoms with Crippen molar-refractivity contribution < 1.29 is 38.2 Å². The molecule has 0 aliphatic rings. The van der Waals surface area contributed by atoms with Gasteiger partial charge in [0.25, 0.3) is 11.7 Å². The van der Waals surface area contributed by atoms with Crippen LogP contribution in [-0.4, -0.2) is 56.0 Å². The normalized spacial score (nSPS) is 11.4. The molecule has 0 heterocycles. The Morgan fingerprint density at radius 1 is 1.05 bits per heavy atom. The predicted octanol–water partition coefficient (Wildman–Crippen LogP) is -1.10. The highest BCUT2D eigenvalue weighted by Gasteiger charge is 2.22. The van der Waals surface area contributed by atoms with Crippen LogP contribution >= 0.6 is 0 Å². The molecule has 1 amide bonds. The van der Waals surface area contributed by atoms with Crippen molar-refractivity contribution in [3.8, 4) is 0 Å². The zero-order chi connectivity index (χ0) is 17.1. The summed E-state index contributed by atoms with van der Waals surface area (Å²) < 4.78 is 13.3. The summed E-state index contributed by atoms with van der Waals surface area (Å²) >= 11 is 0. The molecule has 0 saturated carbocycles. The highest BCUT2D eigenvalue weighted by atomic mass is 16.5. The fourth-order valence-corrected chi connectivity index (χ4v) is 1.06. The summed E-state index contributed by atoms with van der Waals surface area (Å²) in [5.41, 5.74) is 0. The second-order valence-corrected chi connectivity index (χ2v) is 3.83. The van der Waals surface area contributed by atoms with E-state index >= 15 is 0 Å². The van der Waals surface area contributed by atoms with Gasteiger partial charge in [0.2, 0.25) is 0 Å². The van der Waals surface area contributed by atoms with Crippen LogP contribution in [0.2, 0.25) is 0 Å². The van der Waals surface area contributed by atoms with Crippen LogP contribution in [0.25, 0.3) is 0 Å². The Hall–Kier alpha value is -2.71. The highest BCUT2D eigenvalue weighted by Crippen LogP contribution is 1.90. The summed E-state index contributed by atoms with van der Waals surface area (Å²) in [5, 5.41) is 2.10. The Bertz CT molecular complexity index is 482. The molecular weight excluding hydrogens is 298 g/mol. The molecule has 0 radical (unpaired) electrons. The smallest absolute Gasteiger partial charge is 0.331 e. The van der Waals surface area contributed by atoms with Crippen LogP contribution in [0.3, 0.4) is 0 Å². The van der Waals surface area contributed by atoms with Gasteiger partial charge < -0.3 is 19.5 Å². The number of methoxy groups -OCH3 is 1. The van der Waals surface area contributed by atoms with E-state index < -0.39 is 42.2 Å². The number of nitrogens with one attached hydrogen (secondary N) is 1. The summed E-state index contributed by atoms with van der Waals surface area (Å²) in [7, 11) is 1.12. The van der Waals surface area contributed by atoms with Crippen molar-refractivity contribution in [3.63, 3.8) is 0 Å². The Balaban J connectivity index is 4.24. The molecule has 0 aliphatic carbocycles. The van der Waals surface area contributed by atoms with E-state index in [0.717, 1.165) is 19.3 Å². The Kier molecular flexibility index (Phi) is 8.84. The minimum atomic E-state index is -1.09. The molecule has 1 atom stereocenters. The summed E-state index contributed by atoms with van der Waals surface area (Å²) in [4.78, 5) is 55.9. The number of esters is 3. The molecule has 9 heteroatoms. The molecule has 0 aliphatic heterocycles. The molecule has 0 aromatic heterocycles. The monoisotopic (exact) mass is 315 g/mol. The topological polar surface area (TPSA) is 125 Å². The molecule has 22 heavy (non-hydrogen) atoms. The average Bonchev–Trinajstić information content (AvgIpc) is 2.49. The van der Waals surface area contributed by atoms with E-state index in [1.165, 1.54) is 6.92 Å². The summed E-state index contributed by atoms with van der Waals surface area (Å²) in [5.74, 6) is -4.61. The number of hydrogen-bond acceptors (Lipinski definition) is 8. The van der Waals surface area contributed by atoms with Gasteiger partial charge >= 0.3 is 17.9 Å². The molecule has 9 nitrogen and oxygen atoms in total. The van der Waals surface area contributed by atoms with Gasteiger partial charge in [-0.25, -0.2) is 14.4 Å². The molecule has 0 fully saturated rings. The minimum absolute atomic E-state index is 0.136. The minimum Gasteiger partial charge on any atom is -0.466 e. The van der Waals surface area contributed by atoms with Gasteiger partial charge in [-0.2, -0.15) is 0 Å². The van der Waals surface area contributed by atoms with E-state index in [2.05, 4.69) is 19.5 Å². The standard InChI is InChI=1S/C13H17NO8/c1-4-21-13(19)8(2)14-12(18)9(15)7-22-11(17)6-5-10(16)20-3/h5-6,8H,4,7H2,1-3H3,(H,14,18)/b6-5+/t8-/m0/s1. The molecule has 122 valence electrons. The van der Waals surface area contributed by atoms with Crippen molar-refractivity contribution >= 4 is 29.6 Å². The summed E-state index contributed by atoms with van der Waals surface area (Å²) in [6.45, 7) is 2.25. The van der Waals surface area contributed by atoms with Crippen LogP contribution in [0.5, 0.6) is 0 Å². The molecule has 0 rings (SSSR count). The maximum absolute atomic E-state index is 11.4. The van der Waals surface area contributed by atoms with Gasteiger partial charge in [0.1, 0.15) is 6.04 Å². The lowest BCUT2D eigenvalue weighted by Gasteiger charge is -2.11. The van der Waals surface area contributed by atoms with Gasteiger partial charge in [0, 0.05) is 12.2 Å². The van der Waals surface area contributed by atoms with E-state index in [1.54, 1.807) is 6.92 Å². The Labute approximate surface area is 126 Å². The van der Waals surface area contributed by atoms with Gasteiger partial charge in [-0.05, 0) is 13.8 Å². The Morgan fingerprint density at radius 3 is 2.18 bits per heavy atom. The van der Waals surface area contributed by atoms with Gasteiger partial charge in [-0.3, -0.25) is 9.59 Å². The zero-order valence-corrected chi connectivity index (χ0v) is 12.4. The predicted molar refractivity (Wildman–Crippen MR) is 71.4 cm³/mol. The first-order valence-electron chi connectivity index (χ1n) is 6.24. The molecule has 0 saturated heterocycles. The lowest BCUT2D eigenvalue weighted by atomic mass is 10.3. The Morgan fingerprint density at radius 2 is 1.64 bits per heavy atom. The number of amides is 1. The van der Waals surface area contributed by atoms with Crippen LogP contribution in [0.15, 0.2) is 12.2 Å². The third-order valence-electron chi connectivity index (χ3n) is 2.14. The summed E-state index contributed by atoms with van der Waals surface area (Å²) in [6.07, 6.45) is 1.55. The maximum Gasteiger partial charge on any atom is 0.331 e. The van der Waals surface area contributed by atoms with Crippen molar-refractivity contribution in [2.75, 3.05) is 20.3 Å². The van der Waals surface area contributed by atoms with E-state index in [1.807, 2.05) is 0 Å². The maximum atomic E-state index is 11.4. The zero-order valence-electron chi connectivity index (χ0n) is 12.4. The second kappa shape index (κ2) is 10.1. The fraction of sp³-hybridized carbons (Fsp3) is 0.462. The lowest BCUT2D eigenvalue weighted by Crippen LogP contribution is -2.44. The highest BCUT2D eigenvalue weighted by molar-refractivity contribution is 6.37. The largest absolute Gasteiger partial charge is 0.466 e. The fourth-order valence-electron chi connectivity index (χ4n) is 1.06. The van der Waals surface area contributed by atoms with E-state index in [4.69, 9.17) is 0 Å². The molecule has 0 bridgehead atoms. The van der Waals surface area contributed by atoms with Gasteiger partial charge in [-0.1, -0.05) is 0 Å². The molecule has 0 unspecified atom stereocenters. The van der Waals surface area contributed by atoms with Crippen LogP contribution in [-0.2, 0) is 38.2 Å². The van der Waals surface area contributed by atoms with Gasteiger partial charge in [0.15, 0.2) is 6.61 Å². The molecule has 0 aromatic carbocycles. The van der Waals surface area contributed by atoms with Gasteiger partial charge in [0.05, 0.1) is 13.7 Å². The number of rotatable bonds is 8. The second-order valence-electron chi connectivity index (χ2n) is 3.83. The number of carbonyl (C=O) groups excluding carboxylic acids is 5. The number of ketones is 1. The van der Waals surface area contributed by atoms with E-state index in [-0.39, 0.29) is 6.61 Å². The quantitative estimate of drug-likeness (QED) is 0.259. The van der Waals surface area contributed by atoms with Crippen molar-refractivity contribution in [1.82, 2.24) is 5.32 Å². The summed E-state index contributed by atoms with van der Waals surface area (Å²) in [6, 6.07) is -1.01. The van der Waals surface area contributed by atoms with E-state index in [9.17, 15) is 24.0 Å². The van der Waals surface area contributed by atoms with E-state index in [0.29, 0.717) is 0 Å². The number of ether oxygens (including phenoxy) is 3. The van der Waals surface area contributed by atoms with Crippen LogP contribution < -0.4 is 5.32 Å². The molecule has 0 spiro atoms. The molecule has 0 aromatic rings. The molecular formula is C13H17NO8. The number of Topliss-reactive ketones (excluding diaryl/α,β-unsaturated/α-hetero) is 1. The first-order valence-corrected chi connectivity index (χ1v) is 6.24.